The summed E-state index contributed by atoms with van der Waals surface area (Å²) in [7, 11) is 0. The first-order valence-corrected chi connectivity index (χ1v) is 10.2. The second-order valence-electron chi connectivity index (χ2n) is 6.89. The maximum absolute atomic E-state index is 12.6. The van der Waals surface area contributed by atoms with Crippen molar-refractivity contribution in [3.05, 3.63) is 87.3 Å². The van der Waals surface area contributed by atoms with Crippen LogP contribution in [0.4, 0.5) is 5.69 Å². The number of carbonyl (C=O) groups is 1. The van der Waals surface area contributed by atoms with Crippen LogP contribution in [0.1, 0.15) is 28.8 Å². The zero-order chi connectivity index (χ0) is 19.5. The number of hydrogen-bond donors (Lipinski definition) is 2. The van der Waals surface area contributed by atoms with Gasteiger partial charge >= 0.3 is 0 Å². The van der Waals surface area contributed by atoms with Gasteiger partial charge in [0.2, 0.25) is 5.91 Å². The molecular formula is C22H21N3O2S. The Kier molecular flexibility index (Phi) is 5.30. The molecule has 0 saturated heterocycles. The van der Waals surface area contributed by atoms with Crippen molar-refractivity contribution in [3.63, 3.8) is 0 Å². The Hall–Kier alpha value is -2.86. The number of anilines is 1. The molecule has 0 unspecified atom stereocenters. The fraction of sp³-hybridized carbons (Fsp3) is 0.227. The average Bonchev–Trinajstić information content (AvgIpc) is 2.84. The Morgan fingerprint density at radius 1 is 1.07 bits per heavy atom. The normalized spacial score (nSPS) is 16.2. The Morgan fingerprint density at radius 2 is 1.82 bits per heavy atom. The monoisotopic (exact) mass is 391 g/mol. The van der Waals surface area contributed by atoms with E-state index in [1.165, 1.54) is 11.8 Å². The van der Waals surface area contributed by atoms with E-state index < -0.39 is 0 Å². The van der Waals surface area contributed by atoms with E-state index in [1.54, 1.807) is 0 Å². The number of aryl methyl sites for hydroxylation is 2. The number of rotatable bonds is 4. The molecule has 0 radical (unpaired) electrons. The lowest BCUT2D eigenvalue weighted by Crippen LogP contribution is -2.25. The molecule has 2 N–H and O–H groups in total. The third kappa shape index (κ3) is 4.02. The van der Waals surface area contributed by atoms with Gasteiger partial charge in [0, 0.05) is 23.4 Å². The third-order valence-electron chi connectivity index (χ3n) is 4.92. The van der Waals surface area contributed by atoms with Gasteiger partial charge in [-0.25, -0.2) is 4.98 Å². The van der Waals surface area contributed by atoms with Crippen molar-refractivity contribution in [1.29, 1.82) is 0 Å². The van der Waals surface area contributed by atoms with Gasteiger partial charge in [0.1, 0.15) is 0 Å². The number of hydrogen-bond acceptors (Lipinski definition) is 4. The molecule has 2 aromatic carbocycles. The van der Waals surface area contributed by atoms with Crippen molar-refractivity contribution >= 4 is 23.4 Å². The molecule has 1 atom stereocenters. The van der Waals surface area contributed by atoms with Crippen molar-refractivity contribution in [2.75, 3.05) is 5.32 Å². The number of amides is 1. The van der Waals surface area contributed by atoms with E-state index in [0.29, 0.717) is 29.3 Å². The maximum Gasteiger partial charge on any atom is 0.255 e. The molecule has 1 aliphatic heterocycles. The topological polar surface area (TPSA) is 74.8 Å². The Balaban J connectivity index is 1.53. The van der Waals surface area contributed by atoms with Crippen LogP contribution in [0, 0.1) is 6.92 Å². The van der Waals surface area contributed by atoms with Gasteiger partial charge in [0.05, 0.1) is 5.25 Å². The highest BCUT2D eigenvalue weighted by atomic mass is 32.2. The number of para-hydroxylation sites is 1. The lowest BCUT2D eigenvalue weighted by Gasteiger charge is -2.13. The molecule has 0 spiro atoms. The lowest BCUT2D eigenvalue weighted by atomic mass is 10.1. The summed E-state index contributed by atoms with van der Waals surface area (Å²) in [5.74, 6) is -0.0522. The Morgan fingerprint density at radius 3 is 2.61 bits per heavy atom. The first kappa shape index (κ1) is 18.5. The first-order chi connectivity index (χ1) is 13.6. The van der Waals surface area contributed by atoms with E-state index in [1.807, 2.05) is 61.5 Å². The summed E-state index contributed by atoms with van der Waals surface area (Å²) in [5.41, 5.74) is 4.29. The molecule has 1 aromatic heterocycles. The van der Waals surface area contributed by atoms with Crippen molar-refractivity contribution in [2.24, 2.45) is 0 Å². The number of H-pyrrole nitrogens is 1. The number of aromatic amines is 1. The van der Waals surface area contributed by atoms with Crippen LogP contribution in [0.3, 0.4) is 0 Å². The molecule has 0 fully saturated rings. The molecule has 3 aromatic rings. The molecule has 2 heterocycles. The predicted octanol–water partition coefficient (Wildman–Crippen LogP) is 3.71. The lowest BCUT2D eigenvalue weighted by molar-refractivity contribution is -0.115. The molecule has 5 nitrogen and oxygen atoms in total. The van der Waals surface area contributed by atoms with E-state index in [9.17, 15) is 9.59 Å². The highest BCUT2D eigenvalue weighted by molar-refractivity contribution is 8.00. The van der Waals surface area contributed by atoms with Gasteiger partial charge < -0.3 is 10.3 Å². The van der Waals surface area contributed by atoms with Crippen LogP contribution < -0.4 is 10.9 Å². The van der Waals surface area contributed by atoms with Gasteiger partial charge in [0.15, 0.2) is 5.16 Å². The van der Waals surface area contributed by atoms with E-state index >= 15 is 0 Å². The fourth-order valence-corrected chi connectivity index (χ4v) is 4.40. The summed E-state index contributed by atoms with van der Waals surface area (Å²) < 4.78 is 0. The van der Waals surface area contributed by atoms with Gasteiger partial charge in [-0.3, -0.25) is 9.59 Å². The first-order valence-electron chi connectivity index (χ1n) is 9.29. The number of nitrogens with one attached hydrogen (secondary N) is 2. The molecule has 0 aliphatic carbocycles. The van der Waals surface area contributed by atoms with Crippen LogP contribution in [-0.2, 0) is 17.6 Å². The highest BCUT2D eigenvalue weighted by Crippen LogP contribution is 2.29. The largest absolute Gasteiger partial charge is 0.325 e. The SMILES string of the molecule is Cc1nc(S[C@@H]2CCc3ccccc3NC2=O)[nH]c(=O)c1Cc1ccccc1. The molecule has 1 amide bonds. The molecule has 0 bridgehead atoms. The number of carbonyl (C=O) groups excluding carboxylic acids is 1. The summed E-state index contributed by atoms with van der Waals surface area (Å²) in [4.78, 5) is 32.7. The molecule has 4 rings (SSSR count). The van der Waals surface area contributed by atoms with Crippen LogP contribution >= 0.6 is 11.8 Å². The predicted molar refractivity (Wildman–Crippen MR) is 112 cm³/mol. The molecule has 0 saturated carbocycles. The standard InChI is InChI=1S/C22H21N3O2S/c1-14-17(13-15-7-3-2-4-8-15)20(26)25-22(23-14)28-19-12-11-16-9-5-6-10-18(16)24-21(19)27/h2-10,19H,11-13H2,1H3,(H,24,27)(H,23,25,26)/t19-/m1/s1. The van der Waals surface area contributed by atoms with Crippen LogP contribution in [0.2, 0.25) is 0 Å². The highest BCUT2D eigenvalue weighted by Gasteiger charge is 2.25. The summed E-state index contributed by atoms with van der Waals surface area (Å²) in [6.07, 6.45) is 2.04. The van der Waals surface area contributed by atoms with Gasteiger partial charge in [-0.1, -0.05) is 60.3 Å². The number of thioether (sulfide) groups is 1. The van der Waals surface area contributed by atoms with Crippen molar-refractivity contribution in [3.8, 4) is 0 Å². The summed E-state index contributed by atoms with van der Waals surface area (Å²) in [6.45, 7) is 1.85. The average molecular weight is 391 g/mol. The van der Waals surface area contributed by atoms with E-state index in [-0.39, 0.29) is 16.7 Å². The zero-order valence-electron chi connectivity index (χ0n) is 15.6. The summed E-state index contributed by atoms with van der Waals surface area (Å²) in [5, 5.41) is 3.18. The Labute approximate surface area is 167 Å². The van der Waals surface area contributed by atoms with E-state index in [0.717, 1.165) is 23.2 Å². The zero-order valence-corrected chi connectivity index (χ0v) is 16.4. The number of aromatic nitrogens is 2. The van der Waals surface area contributed by atoms with Crippen molar-refractivity contribution in [2.45, 2.75) is 36.6 Å². The van der Waals surface area contributed by atoms with Gasteiger partial charge in [-0.05, 0) is 37.0 Å². The molecule has 142 valence electrons. The van der Waals surface area contributed by atoms with E-state index in [2.05, 4.69) is 15.3 Å². The third-order valence-corrected chi connectivity index (χ3v) is 6.07. The van der Waals surface area contributed by atoms with Crippen molar-refractivity contribution < 1.29 is 4.79 Å². The second-order valence-corrected chi connectivity index (χ2v) is 8.08. The summed E-state index contributed by atoms with van der Waals surface area (Å²) >= 11 is 1.32. The van der Waals surface area contributed by atoms with Gasteiger partial charge in [-0.15, -0.1) is 0 Å². The van der Waals surface area contributed by atoms with Crippen LogP contribution in [0.25, 0.3) is 0 Å². The minimum absolute atomic E-state index is 0.0522. The van der Waals surface area contributed by atoms with Crippen LogP contribution in [-0.4, -0.2) is 21.1 Å². The number of benzene rings is 2. The fourth-order valence-electron chi connectivity index (χ4n) is 3.39. The van der Waals surface area contributed by atoms with Gasteiger partial charge in [0.25, 0.3) is 5.56 Å². The van der Waals surface area contributed by atoms with Crippen LogP contribution in [0.5, 0.6) is 0 Å². The minimum Gasteiger partial charge on any atom is -0.325 e. The number of fused-ring (bicyclic) bond motifs is 1. The smallest absolute Gasteiger partial charge is 0.255 e. The number of nitrogens with zero attached hydrogens (tertiary/aromatic N) is 1. The Bertz CT molecular complexity index is 1060. The van der Waals surface area contributed by atoms with Crippen molar-refractivity contribution in [1.82, 2.24) is 9.97 Å². The molecule has 1 aliphatic rings. The minimum atomic E-state index is -0.296. The quantitative estimate of drug-likeness (QED) is 0.665. The second kappa shape index (κ2) is 8.02. The molecule has 28 heavy (non-hydrogen) atoms. The van der Waals surface area contributed by atoms with Crippen LogP contribution in [0.15, 0.2) is 64.5 Å². The van der Waals surface area contributed by atoms with Gasteiger partial charge in [-0.2, -0.15) is 0 Å². The molecule has 6 heteroatoms. The summed E-state index contributed by atoms with van der Waals surface area (Å²) in [6, 6.07) is 17.7. The van der Waals surface area contributed by atoms with E-state index in [4.69, 9.17) is 0 Å². The maximum atomic E-state index is 12.6. The molecular weight excluding hydrogens is 370 g/mol.